The van der Waals surface area contributed by atoms with E-state index >= 15 is 0 Å². The van der Waals surface area contributed by atoms with Crippen molar-refractivity contribution in [2.75, 3.05) is 20.0 Å². The van der Waals surface area contributed by atoms with Crippen molar-refractivity contribution < 1.29 is 28.4 Å². The van der Waals surface area contributed by atoms with E-state index in [2.05, 4.69) is 0 Å². The van der Waals surface area contributed by atoms with Crippen molar-refractivity contribution in [3.8, 4) is 0 Å². The Morgan fingerprint density at radius 3 is 0.520 bits per heavy atom. The zero-order valence-electron chi connectivity index (χ0n) is 17.9. The van der Waals surface area contributed by atoms with Gasteiger partial charge in [0, 0.05) is 37.6 Å². The molecule has 0 aliphatic rings. The van der Waals surface area contributed by atoms with Gasteiger partial charge in [-0.05, 0) is 20.0 Å². The van der Waals surface area contributed by atoms with Gasteiger partial charge in [0.25, 0.3) is 0 Å². The van der Waals surface area contributed by atoms with Gasteiger partial charge in [-0.1, -0.05) is 62.3 Å². The van der Waals surface area contributed by atoms with E-state index in [1.807, 2.05) is 0 Å². The fourth-order valence-corrected chi connectivity index (χ4v) is 0. The van der Waals surface area contributed by atoms with Gasteiger partial charge in [0.2, 0.25) is 0 Å². The van der Waals surface area contributed by atoms with Gasteiger partial charge in [0.15, 0.2) is 0 Å². The molecule has 0 heterocycles. The zero-order valence-corrected chi connectivity index (χ0v) is 21.7. The third-order valence-corrected chi connectivity index (χ3v) is 11.0. The molecule has 0 N–H and O–H groups in total. The molecule has 0 aromatic carbocycles. The predicted octanol–water partition coefficient (Wildman–Crippen LogP) is 2.78. The first-order valence-electron chi connectivity index (χ1n) is 7.61. The molecule has 0 rings (SSSR count). The topological polar surface area (TPSA) is 120 Å². The van der Waals surface area contributed by atoms with Crippen LogP contribution in [0.2, 0.25) is 0 Å². The van der Waals surface area contributed by atoms with Crippen LogP contribution < -0.4 is 14.7 Å². The molecule has 10 heteroatoms. The fraction of sp³-hybridized carbons (Fsp3) is 1.00. The summed E-state index contributed by atoms with van der Waals surface area (Å²) in [6.45, 7) is 19.1. The maximum absolute atomic E-state index is 10.7. The normalized spacial score (nSPS) is 19.3. The van der Waals surface area contributed by atoms with Crippen LogP contribution in [-0.4, -0.2) is 52.8 Å². The van der Waals surface area contributed by atoms with E-state index in [9.17, 15) is 28.4 Å². The molecule has 150 valence electrons. The zero-order chi connectivity index (χ0) is 21.0. The van der Waals surface area contributed by atoms with Crippen LogP contribution in [0.15, 0.2) is 0 Å². The van der Waals surface area contributed by atoms with Crippen LogP contribution in [0.4, 0.5) is 0 Å². The Balaban J connectivity index is -0.000000130. The second kappa shape index (κ2) is 10.6. The minimum Gasteiger partial charge on any atom is -0.799 e. The van der Waals surface area contributed by atoms with Crippen molar-refractivity contribution in [1.29, 1.82) is 0 Å². The first-order valence-corrected chi connectivity index (χ1v) is 13.8. The molecule has 3 atom stereocenters. The van der Waals surface area contributed by atoms with Gasteiger partial charge in [0.05, 0.1) is 0 Å². The third-order valence-electron chi connectivity index (χ3n) is 3.66. The summed E-state index contributed by atoms with van der Waals surface area (Å²) < 4.78 is 32.0. The number of hydrogen-bond acceptors (Lipinski definition) is 6. The summed E-state index contributed by atoms with van der Waals surface area (Å²) in [7, 11) is -9.30. The van der Waals surface area contributed by atoms with Crippen LogP contribution in [0.25, 0.3) is 0 Å². The van der Waals surface area contributed by atoms with Crippen LogP contribution in [0.1, 0.15) is 62.3 Å². The van der Waals surface area contributed by atoms with Crippen LogP contribution in [0, 0.1) is 0 Å². The predicted molar refractivity (Wildman–Crippen MR) is 106 cm³/mol. The SMILES string of the molecule is CC(C)(C)P(C)(=O)[O-].CC(C)(C)P(C)(=O)[O-].CC(C)(C)P(C)(=O)[O-].[Al+3]. The smallest absolute Gasteiger partial charge is 0.799 e. The standard InChI is InChI=1S/3C5H13O2P.Al/c3*1-5(2,3)8(4,6)7;/h3*1-4H3,(H,6,7);/q;;;+3/p-3. The molecular weight excluding hydrogens is 396 g/mol. The minimum absolute atomic E-state index is 0. The van der Waals surface area contributed by atoms with Crippen molar-refractivity contribution in [2.45, 2.75) is 77.8 Å². The summed E-state index contributed by atoms with van der Waals surface area (Å²) in [6.07, 6.45) is 0. The quantitative estimate of drug-likeness (QED) is 0.429. The van der Waals surface area contributed by atoms with Crippen molar-refractivity contribution in [2.24, 2.45) is 0 Å². The minimum atomic E-state index is -3.10. The van der Waals surface area contributed by atoms with Gasteiger partial charge in [-0.2, -0.15) is 0 Å². The average Bonchev–Trinajstić information content (AvgIpc) is 2.08. The summed E-state index contributed by atoms with van der Waals surface area (Å²) >= 11 is 0. The van der Waals surface area contributed by atoms with E-state index in [1.54, 1.807) is 62.3 Å². The van der Waals surface area contributed by atoms with E-state index in [-0.39, 0.29) is 17.4 Å². The van der Waals surface area contributed by atoms with E-state index < -0.39 is 37.6 Å². The van der Waals surface area contributed by atoms with Crippen LogP contribution >= 0.6 is 22.1 Å². The van der Waals surface area contributed by atoms with Gasteiger partial charge in [0.1, 0.15) is 0 Å². The van der Waals surface area contributed by atoms with E-state index in [1.165, 1.54) is 20.0 Å². The van der Waals surface area contributed by atoms with Crippen molar-refractivity contribution in [1.82, 2.24) is 0 Å². The average molecular weight is 432 g/mol. The monoisotopic (exact) mass is 432 g/mol. The van der Waals surface area contributed by atoms with Crippen LogP contribution in [0.3, 0.4) is 0 Å². The molecule has 0 aliphatic carbocycles. The summed E-state index contributed by atoms with van der Waals surface area (Å²) in [5.41, 5.74) is 0. The van der Waals surface area contributed by atoms with Crippen LogP contribution in [0.5, 0.6) is 0 Å². The van der Waals surface area contributed by atoms with Gasteiger partial charge in [-0.15, -0.1) is 0 Å². The summed E-state index contributed by atoms with van der Waals surface area (Å²) in [6, 6.07) is 0. The van der Waals surface area contributed by atoms with Crippen molar-refractivity contribution in [3.05, 3.63) is 0 Å². The fourth-order valence-electron chi connectivity index (χ4n) is 0. The Morgan fingerprint density at radius 2 is 0.520 bits per heavy atom. The maximum atomic E-state index is 10.7. The molecule has 3 unspecified atom stereocenters. The molecule has 0 saturated heterocycles. The van der Waals surface area contributed by atoms with Gasteiger partial charge in [-0.25, -0.2) is 0 Å². The number of hydrogen-bond donors (Lipinski definition) is 0. The molecule has 0 radical (unpaired) electrons. The third kappa shape index (κ3) is 17.0. The first kappa shape index (κ1) is 33.7. The molecule has 0 fully saturated rings. The maximum Gasteiger partial charge on any atom is 3.00 e. The Morgan fingerprint density at radius 1 is 0.480 bits per heavy atom. The van der Waals surface area contributed by atoms with Gasteiger partial charge >= 0.3 is 17.4 Å². The van der Waals surface area contributed by atoms with Crippen molar-refractivity contribution in [3.63, 3.8) is 0 Å². The second-order valence-corrected chi connectivity index (χ2v) is 18.2. The molecule has 0 saturated carbocycles. The van der Waals surface area contributed by atoms with Gasteiger partial charge in [-0.3, -0.25) is 0 Å². The molecule has 0 spiro atoms. The molecule has 25 heavy (non-hydrogen) atoms. The summed E-state index contributed by atoms with van der Waals surface area (Å²) in [5.74, 6) is 0. The first-order chi connectivity index (χ1) is 9.75. The van der Waals surface area contributed by atoms with Crippen molar-refractivity contribution >= 4 is 39.5 Å². The van der Waals surface area contributed by atoms with E-state index in [0.29, 0.717) is 0 Å². The molecule has 6 nitrogen and oxygen atoms in total. The molecule has 0 bridgehead atoms. The Bertz CT molecular complexity index is 433. The number of rotatable bonds is 0. The van der Waals surface area contributed by atoms with E-state index in [0.717, 1.165) is 0 Å². The van der Waals surface area contributed by atoms with Gasteiger partial charge < -0.3 is 28.4 Å². The molecule has 0 amide bonds. The molecule has 0 aliphatic heterocycles. The van der Waals surface area contributed by atoms with E-state index in [4.69, 9.17) is 0 Å². The Labute approximate surface area is 165 Å². The largest absolute Gasteiger partial charge is 3.00 e. The second-order valence-electron chi connectivity index (χ2n) is 9.05. The van der Waals surface area contributed by atoms with Crippen LogP contribution in [-0.2, 0) is 13.7 Å². The Hall–Kier alpha value is 1.10. The Kier molecular flexibility index (Phi) is 14.3. The molecular formula is C15H36AlO6P3. The molecule has 0 aromatic rings. The summed E-state index contributed by atoms with van der Waals surface area (Å²) in [5, 5.41) is -1.69. The summed E-state index contributed by atoms with van der Waals surface area (Å²) in [4.78, 5) is 32.0. The molecule has 0 aromatic heterocycles.